The molecule has 0 aliphatic heterocycles. The monoisotopic (exact) mass is 459 g/mol. The second-order valence-electron chi connectivity index (χ2n) is 6.92. The molecule has 0 fully saturated rings. The Kier molecular flexibility index (Phi) is 7.12. The van der Waals surface area contributed by atoms with Crippen LogP contribution < -0.4 is 9.47 Å². The first-order valence-electron chi connectivity index (χ1n) is 9.53. The van der Waals surface area contributed by atoms with Gasteiger partial charge >= 0.3 is 5.97 Å². The van der Waals surface area contributed by atoms with Gasteiger partial charge in [0, 0.05) is 13.1 Å². The summed E-state index contributed by atoms with van der Waals surface area (Å²) in [5.74, 6) is -1.23. The van der Waals surface area contributed by atoms with E-state index in [9.17, 15) is 17.6 Å². The molecule has 0 heterocycles. The molecule has 0 saturated carbocycles. The third kappa shape index (κ3) is 5.24. The van der Waals surface area contributed by atoms with Crippen molar-refractivity contribution in [2.75, 3.05) is 14.2 Å². The maximum Gasteiger partial charge on any atom is 0.335 e. The number of carbonyl (C=O) groups is 1. The Balaban J connectivity index is 1.99. The average molecular weight is 459 g/mol. The van der Waals surface area contributed by atoms with Crippen LogP contribution in [0.1, 0.15) is 21.5 Å². The largest absolute Gasteiger partial charge is 0.497 e. The van der Waals surface area contributed by atoms with Crippen molar-refractivity contribution in [3.63, 3.8) is 0 Å². The van der Waals surface area contributed by atoms with Crippen LogP contribution in [0.5, 0.6) is 11.5 Å². The Morgan fingerprint density at radius 3 is 1.72 bits per heavy atom. The van der Waals surface area contributed by atoms with E-state index < -0.39 is 26.7 Å². The zero-order valence-corrected chi connectivity index (χ0v) is 18.3. The molecular formula is C23H22FNO6S. The van der Waals surface area contributed by atoms with Gasteiger partial charge in [-0.15, -0.1) is 0 Å². The molecule has 0 spiro atoms. The fourth-order valence-corrected chi connectivity index (χ4v) is 4.54. The highest BCUT2D eigenvalue weighted by atomic mass is 32.2. The third-order valence-corrected chi connectivity index (χ3v) is 6.66. The van der Waals surface area contributed by atoms with Gasteiger partial charge in [-0.1, -0.05) is 24.3 Å². The van der Waals surface area contributed by atoms with Crippen LogP contribution in [-0.4, -0.2) is 38.0 Å². The Morgan fingerprint density at radius 2 is 1.34 bits per heavy atom. The molecule has 0 aliphatic rings. The van der Waals surface area contributed by atoms with Crippen molar-refractivity contribution in [2.24, 2.45) is 0 Å². The summed E-state index contributed by atoms with van der Waals surface area (Å²) in [6.45, 7) is -0.0586. The fraction of sp³-hybridized carbons (Fsp3) is 0.174. The summed E-state index contributed by atoms with van der Waals surface area (Å²) >= 11 is 0. The molecule has 32 heavy (non-hydrogen) atoms. The van der Waals surface area contributed by atoms with Gasteiger partial charge in [0.15, 0.2) is 0 Å². The number of carboxylic acids is 1. The van der Waals surface area contributed by atoms with Crippen molar-refractivity contribution in [1.29, 1.82) is 0 Å². The molecular weight excluding hydrogens is 437 g/mol. The number of ether oxygens (including phenoxy) is 2. The SMILES string of the molecule is COc1ccc(CN(Cc2ccc(OC)cc2)S(=O)(=O)c2ccc(C(=O)O)cc2F)cc1. The van der Waals surface area contributed by atoms with Crippen molar-refractivity contribution in [1.82, 2.24) is 4.31 Å². The minimum atomic E-state index is -4.30. The minimum absolute atomic E-state index is 0.0293. The van der Waals surface area contributed by atoms with E-state index in [1.807, 2.05) is 0 Å². The predicted molar refractivity (Wildman–Crippen MR) is 116 cm³/mol. The molecule has 0 amide bonds. The van der Waals surface area contributed by atoms with Gasteiger partial charge in [0.2, 0.25) is 10.0 Å². The molecule has 0 aliphatic carbocycles. The Bertz CT molecular complexity index is 1140. The van der Waals surface area contributed by atoms with Crippen molar-refractivity contribution in [3.05, 3.63) is 89.2 Å². The zero-order chi connectivity index (χ0) is 23.3. The summed E-state index contributed by atoms with van der Waals surface area (Å²) in [6, 6.07) is 16.4. The van der Waals surface area contributed by atoms with E-state index in [1.165, 1.54) is 14.2 Å². The highest BCUT2D eigenvalue weighted by Gasteiger charge is 2.28. The molecule has 0 unspecified atom stereocenters. The van der Waals surface area contributed by atoms with Gasteiger partial charge in [-0.05, 0) is 53.6 Å². The van der Waals surface area contributed by atoms with E-state index in [-0.39, 0.29) is 18.7 Å². The van der Waals surface area contributed by atoms with Crippen molar-refractivity contribution < 1.29 is 32.2 Å². The molecule has 0 atom stereocenters. The lowest BCUT2D eigenvalue weighted by Gasteiger charge is -2.23. The summed E-state index contributed by atoms with van der Waals surface area (Å²) < 4.78 is 52.8. The number of halogens is 1. The smallest absolute Gasteiger partial charge is 0.335 e. The van der Waals surface area contributed by atoms with E-state index in [4.69, 9.17) is 14.6 Å². The maximum atomic E-state index is 14.6. The van der Waals surface area contributed by atoms with Crippen LogP contribution in [0, 0.1) is 5.82 Å². The summed E-state index contributed by atoms with van der Waals surface area (Å²) in [4.78, 5) is 10.5. The number of benzene rings is 3. The van der Waals surface area contributed by atoms with Gasteiger partial charge < -0.3 is 14.6 Å². The number of rotatable bonds is 9. The molecule has 0 saturated heterocycles. The first-order valence-corrected chi connectivity index (χ1v) is 11.0. The normalized spacial score (nSPS) is 11.4. The Hall–Kier alpha value is -3.43. The lowest BCUT2D eigenvalue weighted by Crippen LogP contribution is -2.31. The Morgan fingerprint density at radius 1 is 0.875 bits per heavy atom. The number of aromatic carboxylic acids is 1. The second kappa shape index (κ2) is 9.80. The fourth-order valence-electron chi connectivity index (χ4n) is 3.08. The zero-order valence-electron chi connectivity index (χ0n) is 17.5. The van der Waals surface area contributed by atoms with Gasteiger partial charge in [0.05, 0.1) is 19.8 Å². The highest BCUT2D eigenvalue weighted by molar-refractivity contribution is 7.89. The molecule has 0 bridgehead atoms. The van der Waals surface area contributed by atoms with Crippen LogP contribution in [0.15, 0.2) is 71.6 Å². The highest BCUT2D eigenvalue weighted by Crippen LogP contribution is 2.25. The van der Waals surface area contributed by atoms with Gasteiger partial charge in [-0.2, -0.15) is 4.31 Å². The maximum absolute atomic E-state index is 14.6. The van der Waals surface area contributed by atoms with Gasteiger partial charge in [0.25, 0.3) is 0 Å². The van der Waals surface area contributed by atoms with Crippen LogP contribution >= 0.6 is 0 Å². The van der Waals surface area contributed by atoms with Crippen LogP contribution in [0.2, 0.25) is 0 Å². The van der Waals surface area contributed by atoms with Crippen molar-refractivity contribution in [3.8, 4) is 11.5 Å². The van der Waals surface area contributed by atoms with E-state index in [2.05, 4.69) is 0 Å². The number of nitrogens with zero attached hydrogens (tertiary/aromatic N) is 1. The summed E-state index contributed by atoms with van der Waals surface area (Å²) in [5.41, 5.74) is 1.01. The molecule has 0 aromatic heterocycles. The summed E-state index contributed by atoms with van der Waals surface area (Å²) in [5, 5.41) is 9.04. The van der Waals surface area contributed by atoms with Crippen LogP contribution in [0.3, 0.4) is 0 Å². The second-order valence-corrected chi connectivity index (χ2v) is 8.83. The number of carboxylic acid groups (broad SMARTS) is 1. The number of sulfonamides is 1. The van der Waals surface area contributed by atoms with Crippen molar-refractivity contribution >= 4 is 16.0 Å². The van der Waals surface area contributed by atoms with Crippen LogP contribution in [0.4, 0.5) is 4.39 Å². The molecule has 3 aromatic carbocycles. The van der Waals surface area contributed by atoms with Crippen LogP contribution in [0.25, 0.3) is 0 Å². The van der Waals surface area contributed by atoms with E-state index >= 15 is 0 Å². The molecule has 3 rings (SSSR count). The van der Waals surface area contributed by atoms with Crippen molar-refractivity contribution in [2.45, 2.75) is 18.0 Å². The molecule has 168 valence electrons. The van der Waals surface area contributed by atoms with Crippen LogP contribution in [-0.2, 0) is 23.1 Å². The first-order chi connectivity index (χ1) is 15.2. The van der Waals surface area contributed by atoms with Gasteiger partial charge in [0.1, 0.15) is 22.2 Å². The molecule has 7 nitrogen and oxygen atoms in total. The topological polar surface area (TPSA) is 93.1 Å². The quantitative estimate of drug-likeness (QED) is 0.521. The lowest BCUT2D eigenvalue weighted by molar-refractivity contribution is 0.0696. The Labute approximate surface area is 185 Å². The van der Waals surface area contributed by atoms with E-state index in [1.54, 1.807) is 48.5 Å². The van der Waals surface area contributed by atoms with Gasteiger partial charge in [-0.25, -0.2) is 17.6 Å². The van der Waals surface area contributed by atoms with E-state index in [0.717, 1.165) is 16.4 Å². The summed E-state index contributed by atoms with van der Waals surface area (Å²) in [7, 11) is -1.25. The lowest BCUT2D eigenvalue weighted by atomic mass is 10.2. The standard InChI is InChI=1S/C23H22FNO6S/c1-30-19-8-3-16(4-9-19)14-25(15-17-5-10-20(31-2)11-6-17)32(28,29)22-12-7-18(23(26)27)13-21(22)24/h3-13H,14-15H2,1-2H3,(H,26,27). The molecule has 3 aromatic rings. The predicted octanol–water partition coefficient (Wildman–Crippen LogP) is 3.93. The van der Waals surface area contributed by atoms with Gasteiger partial charge in [-0.3, -0.25) is 0 Å². The number of hydrogen-bond acceptors (Lipinski definition) is 5. The molecule has 9 heteroatoms. The summed E-state index contributed by atoms with van der Waals surface area (Å²) in [6.07, 6.45) is 0. The minimum Gasteiger partial charge on any atom is -0.497 e. The molecule has 0 radical (unpaired) electrons. The van der Waals surface area contributed by atoms with E-state index in [0.29, 0.717) is 28.7 Å². The molecule has 1 N–H and O–H groups in total. The number of hydrogen-bond donors (Lipinski definition) is 1. The third-order valence-electron chi connectivity index (χ3n) is 4.83. The average Bonchev–Trinajstić information content (AvgIpc) is 2.79. The number of methoxy groups -OCH3 is 2. The first kappa shape index (κ1) is 23.2.